The van der Waals surface area contributed by atoms with Gasteiger partial charge in [0.2, 0.25) is 17.7 Å². The Kier molecular flexibility index (Phi) is 5.35. The summed E-state index contributed by atoms with van der Waals surface area (Å²) in [5.41, 5.74) is 1.98. The molecule has 1 unspecified atom stereocenters. The van der Waals surface area contributed by atoms with Gasteiger partial charge in [-0.1, -0.05) is 24.8 Å². The number of hydrogen-bond acceptors (Lipinski definition) is 4. The largest absolute Gasteiger partial charge is 0.351 e. The maximum absolute atomic E-state index is 12.4. The van der Waals surface area contributed by atoms with Crippen molar-refractivity contribution in [3.05, 3.63) is 54.9 Å². The van der Waals surface area contributed by atoms with E-state index in [-0.39, 0.29) is 36.6 Å². The highest BCUT2D eigenvalue weighted by Gasteiger charge is 2.32. The fraction of sp³-hybridized carbons (Fsp3) is 0.263. The summed E-state index contributed by atoms with van der Waals surface area (Å²) in [5, 5.41) is 9.66. The Morgan fingerprint density at radius 2 is 2.15 bits per heavy atom. The van der Waals surface area contributed by atoms with E-state index in [1.165, 1.54) is 6.08 Å². The van der Waals surface area contributed by atoms with Crippen molar-refractivity contribution in [2.24, 2.45) is 7.05 Å². The van der Waals surface area contributed by atoms with Gasteiger partial charge in [0, 0.05) is 31.9 Å². The lowest BCUT2D eigenvalue weighted by atomic mass is 10.1. The lowest BCUT2D eigenvalue weighted by molar-refractivity contribution is -0.121. The molecule has 1 fully saturated rings. The predicted molar refractivity (Wildman–Crippen MR) is 101 cm³/mol. The Morgan fingerprint density at radius 1 is 1.37 bits per heavy atom. The van der Waals surface area contributed by atoms with Gasteiger partial charge in [-0.05, 0) is 17.7 Å². The van der Waals surface area contributed by atoms with Crippen molar-refractivity contribution in [2.75, 3.05) is 16.8 Å². The lowest BCUT2D eigenvalue weighted by Crippen LogP contribution is -2.38. The number of benzene rings is 1. The minimum atomic E-state index is -0.337. The van der Waals surface area contributed by atoms with E-state index in [1.807, 2.05) is 0 Å². The molecule has 1 atom stereocenters. The number of nitrogens with one attached hydrogen (secondary N) is 2. The Labute approximate surface area is 156 Å². The monoisotopic (exact) mass is 367 g/mol. The minimum absolute atomic E-state index is 0.0491. The van der Waals surface area contributed by atoms with Gasteiger partial charge < -0.3 is 15.5 Å². The van der Waals surface area contributed by atoms with Gasteiger partial charge in [0.1, 0.15) is 0 Å². The zero-order valence-electron chi connectivity index (χ0n) is 15.0. The summed E-state index contributed by atoms with van der Waals surface area (Å²) in [6.45, 7) is 3.83. The summed E-state index contributed by atoms with van der Waals surface area (Å²) in [5.74, 6) is -0.593. The van der Waals surface area contributed by atoms with Crippen molar-refractivity contribution in [2.45, 2.75) is 18.9 Å². The molecular formula is C19H21N5O3. The van der Waals surface area contributed by atoms with E-state index in [4.69, 9.17) is 0 Å². The molecule has 140 valence electrons. The van der Waals surface area contributed by atoms with Crippen molar-refractivity contribution in [3.63, 3.8) is 0 Å². The van der Waals surface area contributed by atoms with Crippen LogP contribution in [0.5, 0.6) is 0 Å². The summed E-state index contributed by atoms with van der Waals surface area (Å²) in [4.78, 5) is 37.8. The van der Waals surface area contributed by atoms with Crippen LogP contribution in [0.4, 0.5) is 11.4 Å². The second-order valence-corrected chi connectivity index (χ2v) is 6.37. The van der Waals surface area contributed by atoms with E-state index in [9.17, 15) is 14.4 Å². The number of aryl methyl sites for hydroxylation is 1. The van der Waals surface area contributed by atoms with E-state index < -0.39 is 0 Å². The second kappa shape index (κ2) is 7.86. The molecule has 0 spiro atoms. The molecular weight excluding hydrogens is 346 g/mol. The van der Waals surface area contributed by atoms with Gasteiger partial charge in [0.25, 0.3) is 0 Å². The first kappa shape index (κ1) is 18.4. The van der Waals surface area contributed by atoms with Crippen molar-refractivity contribution in [1.82, 2.24) is 15.1 Å². The molecule has 8 heteroatoms. The predicted octanol–water partition coefficient (Wildman–Crippen LogP) is 1.01. The number of carbonyl (C=O) groups excluding carboxylic acids is 3. The number of rotatable bonds is 6. The molecule has 1 saturated heterocycles. The number of para-hydroxylation sites is 1. The molecule has 1 aliphatic heterocycles. The standard InChI is InChI=1S/C19H21N5O3/c1-3-17(25)22-16-7-5-4-6-13(16)8-18(26)21-14-9-19(27)24(11-14)15-10-20-23(2)12-15/h3-7,10,12,14H,1,8-9,11H2,2H3,(H,21,26)(H,22,25). The summed E-state index contributed by atoms with van der Waals surface area (Å²) in [7, 11) is 1.78. The smallest absolute Gasteiger partial charge is 0.247 e. The van der Waals surface area contributed by atoms with Crippen LogP contribution >= 0.6 is 0 Å². The molecule has 1 aliphatic rings. The number of anilines is 2. The maximum atomic E-state index is 12.4. The fourth-order valence-electron chi connectivity index (χ4n) is 3.03. The topological polar surface area (TPSA) is 96.3 Å². The third kappa shape index (κ3) is 4.41. The van der Waals surface area contributed by atoms with Gasteiger partial charge in [-0.2, -0.15) is 5.10 Å². The van der Waals surface area contributed by atoms with Crippen LogP contribution < -0.4 is 15.5 Å². The summed E-state index contributed by atoms with van der Waals surface area (Å²) < 4.78 is 1.63. The number of amides is 3. The average Bonchev–Trinajstić information content (AvgIpc) is 3.21. The SMILES string of the molecule is C=CC(=O)Nc1ccccc1CC(=O)NC1CC(=O)N(c2cnn(C)c2)C1. The van der Waals surface area contributed by atoms with E-state index >= 15 is 0 Å². The Balaban J connectivity index is 1.61. The first-order valence-corrected chi connectivity index (χ1v) is 8.56. The average molecular weight is 367 g/mol. The molecule has 3 amide bonds. The first-order chi connectivity index (χ1) is 13.0. The van der Waals surface area contributed by atoms with Crippen molar-refractivity contribution >= 4 is 29.1 Å². The zero-order chi connectivity index (χ0) is 19.4. The van der Waals surface area contributed by atoms with Crippen molar-refractivity contribution < 1.29 is 14.4 Å². The highest BCUT2D eigenvalue weighted by atomic mass is 16.2. The molecule has 2 N–H and O–H groups in total. The third-order valence-electron chi connectivity index (χ3n) is 4.30. The van der Waals surface area contributed by atoms with Gasteiger partial charge in [-0.25, -0.2) is 0 Å². The molecule has 1 aromatic heterocycles. The Morgan fingerprint density at radius 3 is 2.85 bits per heavy atom. The molecule has 2 heterocycles. The first-order valence-electron chi connectivity index (χ1n) is 8.56. The molecule has 8 nitrogen and oxygen atoms in total. The maximum Gasteiger partial charge on any atom is 0.247 e. The summed E-state index contributed by atoms with van der Waals surface area (Å²) >= 11 is 0. The van der Waals surface area contributed by atoms with E-state index in [0.717, 1.165) is 5.69 Å². The second-order valence-electron chi connectivity index (χ2n) is 6.37. The highest BCUT2D eigenvalue weighted by molar-refractivity contribution is 6.00. The third-order valence-corrected chi connectivity index (χ3v) is 4.30. The molecule has 3 rings (SSSR count). The van der Waals surface area contributed by atoms with Crippen LogP contribution in [0.2, 0.25) is 0 Å². The van der Waals surface area contributed by atoms with Gasteiger partial charge in [-0.3, -0.25) is 19.1 Å². The summed E-state index contributed by atoms with van der Waals surface area (Å²) in [6, 6.07) is 6.82. The molecule has 0 aliphatic carbocycles. The molecule has 2 aromatic rings. The number of hydrogen-bond donors (Lipinski definition) is 2. The van der Waals surface area contributed by atoms with Crippen LogP contribution in [0.3, 0.4) is 0 Å². The van der Waals surface area contributed by atoms with Crippen LogP contribution in [0.1, 0.15) is 12.0 Å². The quantitative estimate of drug-likeness (QED) is 0.745. The number of carbonyl (C=O) groups is 3. The summed E-state index contributed by atoms with van der Waals surface area (Å²) in [6.07, 6.45) is 4.91. The fourth-order valence-corrected chi connectivity index (χ4v) is 3.03. The van der Waals surface area contributed by atoms with Gasteiger partial charge in [0.15, 0.2) is 0 Å². The van der Waals surface area contributed by atoms with Crippen LogP contribution in [0.15, 0.2) is 49.3 Å². The van der Waals surface area contributed by atoms with Crippen molar-refractivity contribution in [1.29, 1.82) is 0 Å². The number of aromatic nitrogens is 2. The Bertz CT molecular complexity index is 889. The molecule has 0 bridgehead atoms. The van der Waals surface area contributed by atoms with Crippen LogP contribution in [-0.2, 0) is 27.9 Å². The molecule has 0 saturated carbocycles. The van der Waals surface area contributed by atoms with E-state index in [1.54, 1.807) is 53.3 Å². The molecule has 0 radical (unpaired) electrons. The number of nitrogens with zero attached hydrogens (tertiary/aromatic N) is 3. The van der Waals surface area contributed by atoms with Gasteiger partial charge in [0.05, 0.1) is 24.3 Å². The van der Waals surface area contributed by atoms with Crippen LogP contribution in [-0.4, -0.2) is 40.1 Å². The normalized spacial score (nSPS) is 16.3. The van der Waals surface area contributed by atoms with E-state index in [2.05, 4.69) is 22.3 Å². The molecule has 1 aromatic carbocycles. The zero-order valence-corrected chi connectivity index (χ0v) is 15.0. The lowest BCUT2D eigenvalue weighted by Gasteiger charge is -2.16. The minimum Gasteiger partial charge on any atom is -0.351 e. The van der Waals surface area contributed by atoms with Crippen LogP contribution in [0.25, 0.3) is 0 Å². The van der Waals surface area contributed by atoms with Gasteiger partial charge in [-0.15, -0.1) is 0 Å². The van der Waals surface area contributed by atoms with E-state index in [0.29, 0.717) is 17.8 Å². The highest BCUT2D eigenvalue weighted by Crippen LogP contribution is 2.21. The Hall–Kier alpha value is -3.42. The van der Waals surface area contributed by atoms with Crippen molar-refractivity contribution in [3.8, 4) is 0 Å². The molecule has 27 heavy (non-hydrogen) atoms. The van der Waals surface area contributed by atoms with Gasteiger partial charge >= 0.3 is 0 Å². The van der Waals surface area contributed by atoms with Crippen LogP contribution in [0, 0.1) is 0 Å².